The van der Waals surface area contributed by atoms with Gasteiger partial charge in [-0.25, -0.2) is 0 Å². The Morgan fingerprint density at radius 1 is 1.38 bits per heavy atom. The Labute approximate surface area is 99.3 Å². The third kappa shape index (κ3) is 6.67. The fourth-order valence-corrected chi connectivity index (χ4v) is 1.22. The third-order valence-corrected chi connectivity index (χ3v) is 3.31. The lowest BCUT2D eigenvalue weighted by Gasteiger charge is -2.29. The SMILES string of the molecule is CC(C)C(C)(C)CNCCCCC(N)=NO. The highest BCUT2D eigenvalue weighted by Gasteiger charge is 2.21. The summed E-state index contributed by atoms with van der Waals surface area (Å²) in [6.07, 6.45) is 2.70. The summed E-state index contributed by atoms with van der Waals surface area (Å²) in [6, 6.07) is 0. The second-order valence-electron chi connectivity index (χ2n) is 5.37. The number of amidine groups is 1. The zero-order valence-electron chi connectivity index (χ0n) is 11.1. The van der Waals surface area contributed by atoms with Crippen molar-refractivity contribution in [1.82, 2.24) is 5.32 Å². The molecule has 16 heavy (non-hydrogen) atoms. The minimum atomic E-state index is 0.322. The monoisotopic (exact) mass is 229 g/mol. The minimum absolute atomic E-state index is 0.322. The molecule has 0 radical (unpaired) electrons. The van der Waals surface area contributed by atoms with E-state index < -0.39 is 0 Å². The standard InChI is InChI=1S/C12H27N3O/c1-10(2)12(3,4)9-14-8-6-5-7-11(13)15-16/h10,14,16H,5-9H2,1-4H3,(H2,13,15). The van der Waals surface area contributed by atoms with Gasteiger partial charge in [0.25, 0.3) is 0 Å². The van der Waals surface area contributed by atoms with Gasteiger partial charge in [-0.1, -0.05) is 32.9 Å². The average Bonchev–Trinajstić information content (AvgIpc) is 2.22. The molecule has 0 fully saturated rings. The Morgan fingerprint density at radius 3 is 2.50 bits per heavy atom. The maximum atomic E-state index is 8.35. The van der Waals surface area contributed by atoms with Gasteiger partial charge in [0.2, 0.25) is 0 Å². The van der Waals surface area contributed by atoms with E-state index in [1.54, 1.807) is 0 Å². The van der Waals surface area contributed by atoms with Crippen LogP contribution in [0.25, 0.3) is 0 Å². The maximum absolute atomic E-state index is 8.35. The summed E-state index contributed by atoms with van der Waals surface area (Å²) in [6.45, 7) is 11.1. The molecule has 0 aliphatic heterocycles. The van der Waals surface area contributed by atoms with Crippen LogP contribution in [0.5, 0.6) is 0 Å². The predicted molar refractivity (Wildman–Crippen MR) is 68.7 cm³/mol. The number of nitrogens with one attached hydrogen (secondary N) is 1. The van der Waals surface area contributed by atoms with Crippen LogP contribution in [0.4, 0.5) is 0 Å². The quantitative estimate of drug-likeness (QED) is 0.196. The summed E-state index contributed by atoms with van der Waals surface area (Å²) in [7, 11) is 0. The highest BCUT2D eigenvalue weighted by atomic mass is 16.4. The first-order chi connectivity index (χ1) is 7.40. The number of oxime groups is 1. The molecule has 0 aliphatic rings. The molecule has 0 aromatic heterocycles. The van der Waals surface area contributed by atoms with Gasteiger partial charge in [0.05, 0.1) is 0 Å². The predicted octanol–water partition coefficient (Wildman–Crippen LogP) is 2.17. The second-order valence-corrected chi connectivity index (χ2v) is 5.37. The molecule has 0 amide bonds. The maximum Gasteiger partial charge on any atom is 0.139 e. The summed E-state index contributed by atoms with van der Waals surface area (Å²) in [5.74, 6) is 1.000. The molecular weight excluding hydrogens is 202 g/mol. The molecule has 0 spiro atoms. The lowest BCUT2D eigenvalue weighted by molar-refractivity contribution is 0.238. The van der Waals surface area contributed by atoms with Crippen molar-refractivity contribution in [1.29, 1.82) is 0 Å². The van der Waals surface area contributed by atoms with Crippen LogP contribution >= 0.6 is 0 Å². The van der Waals surface area contributed by atoms with Crippen LogP contribution in [0.15, 0.2) is 5.16 Å². The molecule has 0 unspecified atom stereocenters. The molecule has 0 rings (SSSR count). The van der Waals surface area contributed by atoms with Crippen molar-refractivity contribution in [3.8, 4) is 0 Å². The fraction of sp³-hybridized carbons (Fsp3) is 0.917. The fourth-order valence-electron chi connectivity index (χ4n) is 1.22. The highest BCUT2D eigenvalue weighted by Crippen LogP contribution is 2.24. The van der Waals surface area contributed by atoms with Crippen LogP contribution in [0.3, 0.4) is 0 Å². The molecule has 0 aliphatic carbocycles. The van der Waals surface area contributed by atoms with E-state index in [-0.39, 0.29) is 0 Å². The summed E-state index contributed by atoms with van der Waals surface area (Å²) < 4.78 is 0. The summed E-state index contributed by atoms with van der Waals surface area (Å²) >= 11 is 0. The molecule has 4 heteroatoms. The summed E-state index contributed by atoms with van der Waals surface area (Å²) in [5, 5.41) is 14.8. The number of hydrogen-bond donors (Lipinski definition) is 3. The van der Waals surface area contributed by atoms with Crippen molar-refractivity contribution in [3.05, 3.63) is 0 Å². The summed E-state index contributed by atoms with van der Waals surface area (Å²) in [4.78, 5) is 0. The van der Waals surface area contributed by atoms with Crippen LogP contribution in [0.1, 0.15) is 47.0 Å². The average molecular weight is 229 g/mol. The van der Waals surface area contributed by atoms with E-state index in [1.807, 2.05) is 0 Å². The Bertz CT molecular complexity index is 212. The summed E-state index contributed by atoms with van der Waals surface area (Å²) in [5.41, 5.74) is 5.72. The molecule has 0 aromatic carbocycles. The Hall–Kier alpha value is -0.770. The second kappa shape index (κ2) is 7.49. The third-order valence-electron chi connectivity index (χ3n) is 3.31. The van der Waals surface area contributed by atoms with E-state index in [1.165, 1.54) is 0 Å². The Balaban J connectivity index is 3.47. The van der Waals surface area contributed by atoms with Gasteiger partial charge in [0.1, 0.15) is 5.84 Å². The van der Waals surface area contributed by atoms with Crippen LogP contribution in [-0.2, 0) is 0 Å². The van der Waals surface area contributed by atoms with Crippen molar-refractivity contribution in [2.75, 3.05) is 13.1 Å². The molecule has 0 aromatic rings. The normalized spacial score (nSPS) is 13.4. The first kappa shape index (κ1) is 15.2. The molecule has 4 N–H and O–H groups in total. The first-order valence-corrected chi connectivity index (χ1v) is 6.07. The van der Waals surface area contributed by atoms with Gasteiger partial charge in [-0.05, 0) is 30.7 Å². The van der Waals surface area contributed by atoms with Crippen LogP contribution in [0.2, 0.25) is 0 Å². The lowest BCUT2D eigenvalue weighted by atomic mass is 9.81. The molecule has 0 saturated carbocycles. The van der Waals surface area contributed by atoms with Gasteiger partial charge in [-0.15, -0.1) is 0 Å². The van der Waals surface area contributed by atoms with Gasteiger partial charge in [-0.3, -0.25) is 0 Å². The molecular formula is C12H27N3O. The van der Waals surface area contributed by atoms with E-state index in [2.05, 4.69) is 38.2 Å². The van der Waals surface area contributed by atoms with E-state index in [0.717, 1.165) is 25.9 Å². The Morgan fingerprint density at radius 2 is 2.00 bits per heavy atom. The van der Waals surface area contributed by atoms with E-state index in [0.29, 0.717) is 23.6 Å². The van der Waals surface area contributed by atoms with Crippen molar-refractivity contribution in [3.63, 3.8) is 0 Å². The van der Waals surface area contributed by atoms with Crippen LogP contribution < -0.4 is 11.1 Å². The molecule has 0 heterocycles. The number of nitrogens with two attached hydrogens (primary N) is 1. The van der Waals surface area contributed by atoms with Gasteiger partial charge < -0.3 is 16.3 Å². The highest BCUT2D eigenvalue weighted by molar-refractivity contribution is 5.79. The zero-order valence-corrected chi connectivity index (χ0v) is 11.1. The van der Waals surface area contributed by atoms with E-state index >= 15 is 0 Å². The molecule has 0 bridgehead atoms. The van der Waals surface area contributed by atoms with Gasteiger partial charge in [-0.2, -0.15) is 0 Å². The van der Waals surface area contributed by atoms with E-state index in [9.17, 15) is 0 Å². The van der Waals surface area contributed by atoms with Gasteiger partial charge in [0, 0.05) is 13.0 Å². The topological polar surface area (TPSA) is 70.6 Å². The molecule has 96 valence electrons. The molecule has 4 nitrogen and oxygen atoms in total. The van der Waals surface area contributed by atoms with Gasteiger partial charge in [0.15, 0.2) is 0 Å². The largest absolute Gasteiger partial charge is 0.409 e. The minimum Gasteiger partial charge on any atom is -0.409 e. The van der Waals surface area contributed by atoms with Crippen molar-refractivity contribution in [2.45, 2.75) is 47.0 Å². The first-order valence-electron chi connectivity index (χ1n) is 6.07. The van der Waals surface area contributed by atoms with Crippen molar-refractivity contribution < 1.29 is 5.21 Å². The van der Waals surface area contributed by atoms with Crippen LogP contribution in [-0.4, -0.2) is 24.1 Å². The number of rotatable bonds is 8. The number of nitrogens with zero attached hydrogens (tertiary/aromatic N) is 1. The zero-order chi connectivity index (χ0) is 12.6. The Kier molecular flexibility index (Phi) is 7.13. The van der Waals surface area contributed by atoms with Crippen molar-refractivity contribution >= 4 is 5.84 Å². The van der Waals surface area contributed by atoms with Crippen molar-refractivity contribution in [2.24, 2.45) is 22.2 Å². The number of hydrogen-bond acceptors (Lipinski definition) is 3. The smallest absolute Gasteiger partial charge is 0.139 e. The molecule has 0 atom stereocenters. The van der Waals surface area contributed by atoms with Gasteiger partial charge >= 0.3 is 0 Å². The number of unbranched alkanes of at least 4 members (excludes halogenated alkanes) is 1. The molecule has 0 saturated heterocycles. The van der Waals surface area contributed by atoms with Crippen LogP contribution in [0, 0.1) is 11.3 Å². The van der Waals surface area contributed by atoms with E-state index in [4.69, 9.17) is 10.9 Å². The lowest BCUT2D eigenvalue weighted by Crippen LogP contribution is -2.34.